The molecule has 184 valence electrons. The highest BCUT2D eigenvalue weighted by atomic mass is 127. The molecule has 0 aromatic heterocycles. The van der Waals surface area contributed by atoms with Crippen molar-refractivity contribution < 1.29 is 18.9 Å². The van der Waals surface area contributed by atoms with Gasteiger partial charge in [-0.3, -0.25) is 9.89 Å². The summed E-state index contributed by atoms with van der Waals surface area (Å²) in [6.45, 7) is 12.3. The molecular formula is C23H41IN4O4. The van der Waals surface area contributed by atoms with Crippen LogP contribution >= 0.6 is 24.0 Å². The summed E-state index contributed by atoms with van der Waals surface area (Å²) in [7, 11) is 1.68. The minimum absolute atomic E-state index is 0. The van der Waals surface area contributed by atoms with Crippen LogP contribution < -0.4 is 15.4 Å². The monoisotopic (exact) mass is 564 g/mol. The van der Waals surface area contributed by atoms with E-state index in [1.165, 1.54) is 0 Å². The number of nitrogens with zero attached hydrogens (tertiary/aromatic N) is 2. The van der Waals surface area contributed by atoms with Crippen LogP contribution in [0, 0.1) is 0 Å². The van der Waals surface area contributed by atoms with Crippen LogP contribution in [0.5, 0.6) is 5.75 Å². The van der Waals surface area contributed by atoms with Crippen LogP contribution in [-0.4, -0.2) is 89.8 Å². The predicted molar refractivity (Wildman–Crippen MR) is 141 cm³/mol. The van der Waals surface area contributed by atoms with Gasteiger partial charge in [-0.25, -0.2) is 0 Å². The van der Waals surface area contributed by atoms with E-state index in [2.05, 4.69) is 15.5 Å². The second kappa shape index (κ2) is 18.3. The van der Waals surface area contributed by atoms with E-state index in [1.54, 1.807) is 7.11 Å². The Morgan fingerprint density at radius 2 is 1.84 bits per heavy atom. The van der Waals surface area contributed by atoms with E-state index in [-0.39, 0.29) is 30.1 Å². The molecule has 1 heterocycles. The first kappa shape index (κ1) is 28.9. The maximum Gasteiger partial charge on any atom is 0.195 e. The SMILES string of the molecule is COCCOCCCN=C(NCCCN1CCOCC1)Nc1ccc(OC(C)C)cc1.I. The third kappa shape index (κ3) is 13.4. The number of halogens is 1. The van der Waals surface area contributed by atoms with Crippen molar-refractivity contribution in [1.82, 2.24) is 10.2 Å². The molecule has 1 aromatic carbocycles. The van der Waals surface area contributed by atoms with E-state index in [1.807, 2.05) is 38.1 Å². The summed E-state index contributed by atoms with van der Waals surface area (Å²) in [5.41, 5.74) is 0.979. The lowest BCUT2D eigenvalue weighted by Crippen LogP contribution is -2.39. The van der Waals surface area contributed by atoms with Crippen LogP contribution in [0.3, 0.4) is 0 Å². The Hall–Kier alpha value is -1.14. The van der Waals surface area contributed by atoms with Gasteiger partial charge in [0, 0.05) is 45.6 Å². The lowest BCUT2D eigenvalue weighted by atomic mass is 10.3. The number of aliphatic imine (C=N–C) groups is 1. The van der Waals surface area contributed by atoms with Crippen molar-refractivity contribution >= 4 is 35.6 Å². The molecule has 0 spiro atoms. The number of nitrogens with one attached hydrogen (secondary N) is 2. The molecule has 32 heavy (non-hydrogen) atoms. The van der Waals surface area contributed by atoms with Gasteiger partial charge in [-0.1, -0.05) is 0 Å². The van der Waals surface area contributed by atoms with E-state index in [4.69, 9.17) is 23.9 Å². The van der Waals surface area contributed by atoms with Gasteiger partial charge in [0.25, 0.3) is 0 Å². The smallest absolute Gasteiger partial charge is 0.195 e. The average Bonchev–Trinajstić information content (AvgIpc) is 2.77. The molecule has 0 saturated carbocycles. The Labute approximate surface area is 210 Å². The fraction of sp³-hybridized carbons (Fsp3) is 0.696. The van der Waals surface area contributed by atoms with Crippen molar-refractivity contribution in [1.29, 1.82) is 0 Å². The molecule has 0 aliphatic carbocycles. The Bertz CT molecular complexity index is 611. The molecule has 8 nitrogen and oxygen atoms in total. The molecule has 1 aliphatic rings. The van der Waals surface area contributed by atoms with Crippen LogP contribution in [-0.2, 0) is 14.2 Å². The number of anilines is 1. The number of hydrogen-bond donors (Lipinski definition) is 2. The Kier molecular flexibility index (Phi) is 16.5. The topological polar surface area (TPSA) is 76.6 Å². The van der Waals surface area contributed by atoms with Crippen molar-refractivity contribution in [2.75, 3.05) is 78.2 Å². The van der Waals surface area contributed by atoms with Crippen LogP contribution in [0.1, 0.15) is 26.7 Å². The normalized spacial score (nSPS) is 14.8. The Morgan fingerprint density at radius 1 is 1.09 bits per heavy atom. The van der Waals surface area contributed by atoms with E-state index in [0.717, 1.165) is 69.6 Å². The first-order valence-corrected chi connectivity index (χ1v) is 11.4. The fourth-order valence-electron chi connectivity index (χ4n) is 3.10. The summed E-state index contributed by atoms with van der Waals surface area (Å²) in [5.74, 6) is 1.65. The van der Waals surface area contributed by atoms with E-state index in [0.29, 0.717) is 26.4 Å². The summed E-state index contributed by atoms with van der Waals surface area (Å²) in [6, 6.07) is 7.97. The van der Waals surface area contributed by atoms with Gasteiger partial charge in [0.1, 0.15) is 5.75 Å². The molecule has 1 aromatic rings. The van der Waals surface area contributed by atoms with Crippen molar-refractivity contribution in [3.05, 3.63) is 24.3 Å². The molecule has 1 saturated heterocycles. The van der Waals surface area contributed by atoms with Crippen LogP contribution in [0.15, 0.2) is 29.3 Å². The fourth-order valence-corrected chi connectivity index (χ4v) is 3.10. The van der Waals surface area contributed by atoms with Crippen LogP contribution in [0.4, 0.5) is 5.69 Å². The maximum absolute atomic E-state index is 5.72. The van der Waals surface area contributed by atoms with Crippen molar-refractivity contribution in [3.8, 4) is 5.75 Å². The molecule has 0 amide bonds. The van der Waals surface area contributed by atoms with Crippen LogP contribution in [0.25, 0.3) is 0 Å². The number of rotatable bonds is 14. The third-order valence-electron chi connectivity index (χ3n) is 4.68. The highest BCUT2D eigenvalue weighted by Crippen LogP contribution is 2.16. The van der Waals surface area contributed by atoms with E-state index < -0.39 is 0 Å². The highest BCUT2D eigenvalue weighted by molar-refractivity contribution is 14.0. The lowest BCUT2D eigenvalue weighted by Gasteiger charge is -2.26. The number of morpholine rings is 1. The molecule has 0 radical (unpaired) electrons. The van der Waals surface area contributed by atoms with Crippen molar-refractivity contribution in [2.45, 2.75) is 32.8 Å². The summed E-state index contributed by atoms with van der Waals surface area (Å²) in [4.78, 5) is 7.15. The van der Waals surface area contributed by atoms with Gasteiger partial charge < -0.3 is 29.6 Å². The lowest BCUT2D eigenvalue weighted by molar-refractivity contribution is 0.0376. The number of methoxy groups -OCH3 is 1. The largest absolute Gasteiger partial charge is 0.491 e. The molecule has 2 rings (SSSR count). The number of hydrogen-bond acceptors (Lipinski definition) is 6. The standard InChI is InChI=1S/C23H40N4O4.HI/c1-20(2)31-22-8-6-21(7-9-22)26-23(25-11-5-15-29-19-18-28-3)24-10-4-12-27-13-16-30-17-14-27;/h6-9,20H,4-5,10-19H2,1-3H3,(H2,24,25,26);1H. The van der Waals surface area contributed by atoms with Gasteiger partial charge in [0.2, 0.25) is 0 Å². The van der Waals surface area contributed by atoms with Gasteiger partial charge in [-0.05, 0) is 57.5 Å². The summed E-state index contributed by atoms with van der Waals surface area (Å²) >= 11 is 0. The second-order valence-corrected chi connectivity index (χ2v) is 7.74. The van der Waals surface area contributed by atoms with E-state index in [9.17, 15) is 0 Å². The van der Waals surface area contributed by atoms with Crippen molar-refractivity contribution in [2.24, 2.45) is 4.99 Å². The van der Waals surface area contributed by atoms with Gasteiger partial charge >= 0.3 is 0 Å². The predicted octanol–water partition coefficient (Wildman–Crippen LogP) is 3.22. The number of benzene rings is 1. The Morgan fingerprint density at radius 3 is 2.53 bits per heavy atom. The molecule has 0 atom stereocenters. The van der Waals surface area contributed by atoms with Crippen molar-refractivity contribution in [3.63, 3.8) is 0 Å². The first-order chi connectivity index (χ1) is 15.2. The molecule has 1 aliphatic heterocycles. The van der Waals surface area contributed by atoms with Gasteiger partial charge in [-0.15, -0.1) is 24.0 Å². The summed E-state index contributed by atoms with van der Waals surface area (Å²) < 4.78 is 21.6. The summed E-state index contributed by atoms with van der Waals surface area (Å²) in [5, 5.41) is 6.85. The molecule has 9 heteroatoms. The zero-order valence-electron chi connectivity index (χ0n) is 19.8. The minimum Gasteiger partial charge on any atom is -0.491 e. The highest BCUT2D eigenvalue weighted by Gasteiger charge is 2.09. The second-order valence-electron chi connectivity index (χ2n) is 7.74. The van der Waals surface area contributed by atoms with Gasteiger partial charge in [0.05, 0.1) is 32.5 Å². The quantitative estimate of drug-likeness (QED) is 0.156. The first-order valence-electron chi connectivity index (χ1n) is 11.4. The maximum atomic E-state index is 5.72. The molecule has 0 bridgehead atoms. The van der Waals surface area contributed by atoms with Gasteiger partial charge in [-0.2, -0.15) is 0 Å². The van der Waals surface area contributed by atoms with Gasteiger partial charge in [0.15, 0.2) is 5.96 Å². The zero-order valence-corrected chi connectivity index (χ0v) is 22.1. The third-order valence-corrected chi connectivity index (χ3v) is 4.68. The summed E-state index contributed by atoms with van der Waals surface area (Å²) in [6.07, 6.45) is 2.09. The molecule has 0 unspecified atom stereocenters. The average molecular weight is 565 g/mol. The molecule has 1 fully saturated rings. The number of ether oxygens (including phenoxy) is 4. The number of guanidine groups is 1. The zero-order chi connectivity index (χ0) is 22.2. The molecule has 2 N–H and O–H groups in total. The van der Waals surface area contributed by atoms with E-state index >= 15 is 0 Å². The minimum atomic E-state index is 0. The molecular weight excluding hydrogens is 523 g/mol. The Balaban J connectivity index is 0.00000512. The van der Waals surface area contributed by atoms with Crippen LogP contribution in [0.2, 0.25) is 0 Å².